The van der Waals surface area contributed by atoms with E-state index in [1.165, 1.54) is 7.11 Å². The second kappa shape index (κ2) is 8.49. The number of carbonyl (C=O) groups excluding carboxylic acids is 1. The highest BCUT2D eigenvalue weighted by Crippen LogP contribution is 2.37. The molecule has 0 aliphatic rings. The second-order valence-electron chi connectivity index (χ2n) is 7.41. The first kappa shape index (κ1) is 21.2. The van der Waals surface area contributed by atoms with Gasteiger partial charge in [0.15, 0.2) is 8.32 Å². The Balaban J connectivity index is 2.83. The Kier molecular flexibility index (Phi) is 7.50. The largest absolute Gasteiger partial charge is 0.491 e. The summed E-state index contributed by atoms with van der Waals surface area (Å²) in [5.74, 6) is 0.320. The van der Waals surface area contributed by atoms with E-state index in [-0.39, 0.29) is 17.1 Å². The van der Waals surface area contributed by atoms with Crippen LogP contribution in [0.15, 0.2) is 18.2 Å². The maximum Gasteiger partial charge on any atom is 0.338 e. The Hall–Kier alpha value is -0.853. The Morgan fingerprint density at radius 3 is 2.42 bits per heavy atom. The number of rotatable bonds is 7. The van der Waals surface area contributed by atoms with Crippen LogP contribution in [0.1, 0.15) is 43.6 Å². The zero-order chi connectivity index (χ0) is 18.5. The van der Waals surface area contributed by atoms with Crippen molar-refractivity contribution in [3.63, 3.8) is 0 Å². The Labute approximate surface area is 155 Å². The van der Waals surface area contributed by atoms with Gasteiger partial charge in [-0.1, -0.05) is 42.8 Å². The Morgan fingerprint density at radius 1 is 1.29 bits per heavy atom. The van der Waals surface area contributed by atoms with Crippen molar-refractivity contribution in [3.8, 4) is 5.75 Å². The molecule has 6 heteroatoms. The summed E-state index contributed by atoms with van der Waals surface area (Å²) in [5.41, 5.74) is 1.31. The molecule has 136 valence electrons. The lowest BCUT2D eigenvalue weighted by atomic mass is 10.1. The average molecular weight is 417 g/mol. The van der Waals surface area contributed by atoms with E-state index < -0.39 is 8.32 Å². The molecule has 0 aliphatic heterocycles. The molecule has 0 heterocycles. The Morgan fingerprint density at radius 2 is 1.92 bits per heavy atom. The summed E-state index contributed by atoms with van der Waals surface area (Å²) in [4.78, 5) is 11.9. The van der Waals surface area contributed by atoms with Crippen molar-refractivity contribution in [1.82, 2.24) is 0 Å². The van der Waals surface area contributed by atoms with Crippen LogP contribution in [0, 0.1) is 0 Å². The molecular weight excluding hydrogens is 388 g/mol. The minimum Gasteiger partial charge on any atom is -0.491 e. The van der Waals surface area contributed by atoms with Gasteiger partial charge in [0, 0.05) is 10.9 Å². The van der Waals surface area contributed by atoms with Crippen LogP contribution in [-0.4, -0.2) is 34.1 Å². The van der Waals surface area contributed by atoms with Crippen LogP contribution in [0.3, 0.4) is 0 Å². The molecule has 0 saturated carbocycles. The van der Waals surface area contributed by atoms with Crippen LogP contribution >= 0.6 is 15.9 Å². The summed E-state index contributed by atoms with van der Waals surface area (Å²) >= 11 is 3.43. The lowest BCUT2D eigenvalue weighted by Gasteiger charge is -2.38. The number of methoxy groups -OCH3 is 1. The zero-order valence-corrected chi connectivity index (χ0v) is 18.3. The number of carbonyl (C=O) groups is 1. The van der Waals surface area contributed by atoms with Gasteiger partial charge >= 0.3 is 5.97 Å². The number of halogens is 1. The Bertz CT molecular complexity index is 567. The molecule has 0 spiro atoms. The monoisotopic (exact) mass is 416 g/mol. The van der Waals surface area contributed by atoms with Crippen molar-refractivity contribution < 1.29 is 18.7 Å². The highest BCUT2D eigenvalue weighted by Gasteiger charge is 2.38. The molecule has 0 fully saturated rings. The summed E-state index contributed by atoms with van der Waals surface area (Å²) in [7, 11) is -0.448. The summed E-state index contributed by atoms with van der Waals surface area (Å²) in [6.45, 7) is 13.6. The predicted octanol–water partition coefficient (Wildman–Crippen LogP) is 5.16. The minimum absolute atomic E-state index is 0.0177. The van der Waals surface area contributed by atoms with E-state index in [2.05, 4.69) is 49.8 Å². The first-order valence-electron chi connectivity index (χ1n) is 8.10. The summed E-state index contributed by atoms with van der Waals surface area (Å²) in [6, 6.07) is 5.40. The van der Waals surface area contributed by atoms with Gasteiger partial charge in [-0.2, -0.15) is 0 Å². The van der Waals surface area contributed by atoms with Crippen molar-refractivity contribution in [2.45, 2.75) is 57.3 Å². The number of esters is 1. The van der Waals surface area contributed by atoms with Crippen LogP contribution in [0.4, 0.5) is 0 Å². The molecule has 4 nitrogen and oxygen atoms in total. The third kappa shape index (κ3) is 5.33. The van der Waals surface area contributed by atoms with E-state index in [1.807, 2.05) is 13.0 Å². The van der Waals surface area contributed by atoms with E-state index in [0.717, 1.165) is 5.56 Å². The van der Waals surface area contributed by atoms with Gasteiger partial charge in [0.25, 0.3) is 0 Å². The quantitative estimate of drug-likeness (QED) is 0.349. The van der Waals surface area contributed by atoms with Crippen molar-refractivity contribution in [1.29, 1.82) is 0 Å². The van der Waals surface area contributed by atoms with Crippen LogP contribution in [0.5, 0.6) is 5.75 Å². The topological polar surface area (TPSA) is 44.8 Å². The minimum atomic E-state index is -1.83. The van der Waals surface area contributed by atoms with Crippen molar-refractivity contribution in [2.24, 2.45) is 0 Å². The van der Waals surface area contributed by atoms with Crippen LogP contribution in [0.2, 0.25) is 18.1 Å². The average Bonchev–Trinajstić information content (AvgIpc) is 2.50. The first-order chi connectivity index (χ1) is 11.0. The maximum atomic E-state index is 11.9. The molecule has 24 heavy (non-hydrogen) atoms. The fourth-order valence-electron chi connectivity index (χ4n) is 2.06. The number of alkyl halides is 1. The van der Waals surface area contributed by atoms with Crippen molar-refractivity contribution in [2.75, 3.05) is 13.7 Å². The van der Waals surface area contributed by atoms with Gasteiger partial charge in [-0.3, -0.25) is 0 Å². The molecule has 1 atom stereocenters. The van der Waals surface area contributed by atoms with Crippen molar-refractivity contribution >= 4 is 30.2 Å². The third-order valence-corrected chi connectivity index (χ3v) is 9.61. The van der Waals surface area contributed by atoms with Gasteiger partial charge < -0.3 is 13.9 Å². The normalized spacial score (nSPS) is 13.5. The second-order valence-corrected chi connectivity index (χ2v) is 12.7. The van der Waals surface area contributed by atoms with Gasteiger partial charge in [0.05, 0.1) is 18.8 Å². The number of ether oxygens (including phenoxy) is 2. The molecule has 1 rings (SSSR count). The van der Waals surface area contributed by atoms with E-state index in [0.29, 0.717) is 23.2 Å². The third-order valence-electron chi connectivity index (χ3n) is 4.45. The molecule has 0 unspecified atom stereocenters. The highest BCUT2D eigenvalue weighted by atomic mass is 79.9. The van der Waals surface area contributed by atoms with E-state index in [1.54, 1.807) is 12.1 Å². The van der Waals surface area contributed by atoms with E-state index in [4.69, 9.17) is 13.9 Å². The van der Waals surface area contributed by atoms with Gasteiger partial charge in [0.2, 0.25) is 0 Å². The number of hydrogen-bond acceptors (Lipinski definition) is 4. The van der Waals surface area contributed by atoms with Crippen molar-refractivity contribution in [3.05, 3.63) is 29.3 Å². The van der Waals surface area contributed by atoms with Crippen LogP contribution in [0.25, 0.3) is 0 Å². The lowest BCUT2D eigenvalue weighted by Crippen LogP contribution is -2.44. The SMILES string of the molecule is COC(=O)c1cccc(OC[C@@H](C)O[Si](C)(C)C(C)(C)C)c1CBr. The number of hydrogen-bond donors (Lipinski definition) is 0. The molecule has 1 aromatic rings. The van der Waals surface area contributed by atoms with E-state index in [9.17, 15) is 4.79 Å². The summed E-state index contributed by atoms with van der Waals surface area (Å²) in [6.07, 6.45) is -0.0177. The van der Waals surface area contributed by atoms with Gasteiger partial charge in [-0.05, 0) is 37.2 Å². The van der Waals surface area contributed by atoms with Gasteiger partial charge in [0.1, 0.15) is 12.4 Å². The molecule has 0 saturated heterocycles. The maximum absolute atomic E-state index is 11.9. The zero-order valence-electron chi connectivity index (χ0n) is 15.7. The first-order valence-corrected chi connectivity index (χ1v) is 12.1. The molecule has 1 aromatic carbocycles. The fourth-order valence-corrected chi connectivity index (χ4v) is 4.07. The fraction of sp³-hybridized carbons (Fsp3) is 0.611. The standard InChI is InChI=1S/C18H29BrO4Si/c1-13(23-24(6,7)18(2,3)4)12-22-16-10-8-9-14(15(16)11-19)17(20)21-5/h8-10,13H,11-12H2,1-7H3/t13-/m1/s1. The summed E-state index contributed by atoms with van der Waals surface area (Å²) in [5, 5.41) is 0.679. The smallest absolute Gasteiger partial charge is 0.338 e. The molecule has 0 aromatic heterocycles. The van der Waals surface area contributed by atoms with Gasteiger partial charge in [-0.25, -0.2) is 4.79 Å². The van der Waals surface area contributed by atoms with E-state index >= 15 is 0 Å². The lowest BCUT2D eigenvalue weighted by molar-refractivity contribution is 0.0599. The molecule has 0 aliphatic carbocycles. The predicted molar refractivity (Wildman–Crippen MR) is 104 cm³/mol. The number of benzene rings is 1. The molecule has 0 N–H and O–H groups in total. The molecule has 0 bridgehead atoms. The highest BCUT2D eigenvalue weighted by molar-refractivity contribution is 9.08. The molecule has 0 amide bonds. The summed E-state index contributed by atoms with van der Waals surface area (Å²) < 4.78 is 17.1. The molecule has 0 radical (unpaired) electrons. The molecular formula is C18H29BrO4Si. The van der Waals surface area contributed by atoms with Crippen LogP contribution in [-0.2, 0) is 14.5 Å². The van der Waals surface area contributed by atoms with Crippen LogP contribution < -0.4 is 4.74 Å². The van der Waals surface area contributed by atoms with Gasteiger partial charge in [-0.15, -0.1) is 0 Å².